The lowest BCUT2D eigenvalue weighted by molar-refractivity contribution is 0.276. The molecule has 1 saturated heterocycles. The quantitative estimate of drug-likeness (QED) is 0.307. The highest BCUT2D eigenvalue weighted by molar-refractivity contribution is 5.82. The molecule has 1 aliphatic heterocycles. The molecular formula is C25H28FN7O2. The minimum atomic E-state index is -0.452. The fourth-order valence-electron chi connectivity index (χ4n) is 4.42. The Morgan fingerprint density at radius 2 is 1.97 bits per heavy atom. The lowest BCUT2D eigenvalue weighted by atomic mass is 10.0. The number of aliphatic hydroxyl groups excluding tert-OH is 2. The number of nitrogens with zero attached hydrogens (tertiary/aromatic N) is 5. The summed E-state index contributed by atoms with van der Waals surface area (Å²) in [5, 5.41) is 30.3. The van der Waals surface area contributed by atoms with Crippen molar-refractivity contribution in [3.8, 4) is 5.69 Å². The topological polar surface area (TPSA) is 111 Å². The van der Waals surface area contributed by atoms with Crippen LogP contribution in [-0.4, -0.2) is 62.2 Å². The monoisotopic (exact) mass is 477 g/mol. The van der Waals surface area contributed by atoms with Crippen LogP contribution in [0, 0.1) is 5.82 Å². The van der Waals surface area contributed by atoms with Crippen LogP contribution in [0.1, 0.15) is 18.5 Å². The predicted molar refractivity (Wildman–Crippen MR) is 133 cm³/mol. The molecule has 182 valence electrons. The first-order valence-electron chi connectivity index (χ1n) is 11.7. The number of pyridine rings is 2. The average Bonchev–Trinajstić information content (AvgIpc) is 3.38. The summed E-state index contributed by atoms with van der Waals surface area (Å²) in [6, 6.07) is 12.5. The fourth-order valence-corrected chi connectivity index (χ4v) is 4.42. The van der Waals surface area contributed by atoms with Crippen molar-refractivity contribution in [1.82, 2.24) is 25.1 Å². The number of benzene rings is 1. The number of nitrogens with one attached hydrogen (secondary N) is 2. The van der Waals surface area contributed by atoms with Gasteiger partial charge in [0.1, 0.15) is 17.5 Å². The van der Waals surface area contributed by atoms with Crippen molar-refractivity contribution in [2.75, 3.05) is 36.5 Å². The van der Waals surface area contributed by atoms with Crippen molar-refractivity contribution in [2.24, 2.45) is 0 Å². The van der Waals surface area contributed by atoms with Crippen molar-refractivity contribution in [3.05, 3.63) is 66.4 Å². The smallest absolute Gasteiger partial charge is 0.148 e. The summed E-state index contributed by atoms with van der Waals surface area (Å²) in [5.41, 5.74) is 2.08. The normalized spacial score (nSPS) is 14.4. The molecule has 0 amide bonds. The van der Waals surface area contributed by atoms with Crippen molar-refractivity contribution in [3.63, 3.8) is 0 Å². The number of hydrogen-bond acceptors (Lipinski definition) is 8. The maximum atomic E-state index is 14.9. The molecule has 35 heavy (non-hydrogen) atoms. The molecule has 0 radical (unpaired) electrons. The largest absolute Gasteiger partial charge is 0.395 e. The van der Waals surface area contributed by atoms with Gasteiger partial charge in [-0.3, -0.25) is 0 Å². The Hall–Kier alpha value is -3.60. The van der Waals surface area contributed by atoms with Crippen molar-refractivity contribution in [1.29, 1.82) is 0 Å². The number of aliphatic hydroxyl groups is 2. The fraction of sp³-hybridized carbons (Fsp3) is 0.320. The molecule has 0 spiro atoms. The number of halogens is 1. The van der Waals surface area contributed by atoms with Gasteiger partial charge in [0.05, 0.1) is 35.8 Å². The van der Waals surface area contributed by atoms with Crippen LogP contribution >= 0.6 is 0 Å². The maximum Gasteiger partial charge on any atom is 0.148 e. The lowest BCUT2D eigenvalue weighted by Crippen LogP contribution is -2.44. The zero-order valence-electron chi connectivity index (χ0n) is 19.2. The molecule has 4 aromatic rings. The first-order chi connectivity index (χ1) is 17.1. The SMILES string of the molecule is OCCN(c1ccc2cnc(Nc3ccc(-n4ccc(CO)n4)cc3F)cc2n1)C1CCNCC1. The average molecular weight is 478 g/mol. The van der Waals surface area contributed by atoms with Gasteiger partial charge in [-0.05, 0) is 56.3 Å². The zero-order valence-corrected chi connectivity index (χ0v) is 19.2. The van der Waals surface area contributed by atoms with Gasteiger partial charge in [0, 0.05) is 42.5 Å². The first-order valence-corrected chi connectivity index (χ1v) is 11.7. The van der Waals surface area contributed by atoms with Gasteiger partial charge in [0.2, 0.25) is 0 Å². The van der Waals surface area contributed by atoms with Crippen molar-refractivity contribution >= 4 is 28.2 Å². The Kier molecular flexibility index (Phi) is 6.84. The molecule has 3 aromatic heterocycles. The molecule has 1 aliphatic rings. The van der Waals surface area contributed by atoms with Crippen LogP contribution in [0.25, 0.3) is 16.6 Å². The van der Waals surface area contributed by atoms with E-state index in [2.05, 4.69) is 25.6 Å². The summed E-state index contributed by atoms with van der Waals surface area (Å²) in [6.07, 6.45) is 5.38. The third-order valence-electron chi connectivity index (χ3n) is 6.23. The third-order valence-corrected chi connectivity index (χ3v) is 6.23. The maximum absolute atomic E-state index is 14.9. The van der Waals surface area contributed by atoms with Gasteiger partial charge in [-0.25, -0.2) is 19.0 Å². The van der Waals surface area contributed by atoms with E-state index < -0.39 is 5.82 Å². The van der Waals surface area contributed by atoms with Gasteiger partial charge in [0.25, 0.3) is 0 Å². The highest BCUT2D eigenvalue weighted by Gasteiger charge is 2.22. The van der Waals surface area contributed by atoms with Crippen LogP contribution in [0.4, 0.5) is 21.7 Å². The van der Waals surface area contributed by atoms with Gasteiger partial charge in [-0.1, -0.05) is 0 Å². The molecule has 5 rings (SSSR count). The van der Waals surface area contributed by atoms with Crippen LogP contribution < -0.4 is 15.5 Å². The summed E-state index contributed by atoms with van der Waals surface area (Å²) in [6.45, 7) is 2.31. The van der Waals surface area contributed by atoms with Gasteiger partial charge < -0.3 is 25.7 Å². The second kappa shape index (κ2) is 10.3. The zero-order chi connectivity index (χ0) is 24.2. The first kappa shape index (κ1) is 23.2. The molecule has 0 aliphatic carbocycles. The molecule has 0 saturated carbocycles. The molecule has 1 aromatic carbocycles. The van der Waals surface area contributed by atoms with Gasteiger partial charge in [-0.15, -0.1) is 0 Å². The Morgan fingerprint density at radius 3 is 2.71 bits per heavy atom. The number of fused-ring (bicyclic) bond motifs is 1. The van der Waals surface area contributed by atoms with E-state index in [1.54, 1.807) is 36.7 Å². The summed E-state index contributed by atoms with van der Waals surface area (Å²) in [4.78, 5) is 11.4. The number of hydrogen-bond donors (Lipinski definition) is 4. The minimum Gasteiger partial charge on any atom is -0.395 e. The Morgan fingerprint density at radius 1 is 1.11 bits per heavy atom. The number of anilines is 3. The van der Waals surface area contributed by atoms with Gasteiger partial charge in [-0.2, -0.15) is 5.10 Å². The highest BCUT2D eigenvalue weighted by atomic mass is 19.1. The van der Waals surface area contributed by atoms with E-state index in [4.69, 9.17) is 4.98 Å². The second-order valence-electron chi connectivity index (χ2n) is 8.53. The minimum absolute atomic E-state index is 0.0575. The summed E-state index contributed by atoms with van der Waals surface area (Å²) >= 11 is 0. The molecule has 4 heterocycles. The van der Waals surface area contributed by atoms with Crippen LogP contribution in [0.5, 0.6) is 0 Å². The molecule has 0 atom stereocenters. The summed E-state index contributed by atoms with van der Waals surface area (Å²) < 4.78 is 16.4. The van der Waals surface area contributed by atoms with Crippen molar-refractivity contribution < 1.29 is 14.6 Å². The van der Waals surface area contributed by atoms with E-state index in [0.29, 0.717) is 29.8 Å². The predicted octanol–water partition coefficient (Wildman–Crippen LogP) is 2.74. The van der Waals surface area contributed by atoms with E-state index in [9.17, 15) is 14.6 Å². The lowest BCUT2D eigenvalue weighted by Gasteiger charge is -2.35. The number of piperidine rings is 1. The Labute approximate surface area is 202 Å². The highest BCUT2D eigenvalue weighted by Crippen LogP contribution is 2.26. The molecule has 0 bridgehead atoms. The Bertz CT molecular complexity index is 1310. The standard InChI is InChI=1S/C25H28FN7O2/c26-21-13-20(33-10-7-18(16-35)31-33)2-3-22(21)29-24-14-23-17(15-28-24)1-4-25(30-23)32(11-12-34)19-5-8-27-9-6-19/h1-4,7,10,13-15,19,27,34-35H,5-6,8-9,11-12,16H2,(H,28,29). The van der Waals surface area contributed by atoms with Crippen molar-refractivity contribution in [2.45, 2.75) is 25.5 Å². The van der Waals surface area contributed by atoms with Crippen LogP contribution in [0.15, 0.2) is 54.9 Å². The molecule has 4 N–H and O–H groups in total. The van der Waals surface area contributed by atoms with E-state index in [1.807, 2.05) is 12.1 Å². The molecule has 0 unspecified atom stereocenters. The van der Waals surface area contributed by atoms with Crippen LogP contribution in [-0.2, 0) is 6.61 Å². The summed E-state index contributed by atoms with van der Waals surface area (Å²) in [7, 11) is 0. The van der Waals surface area contributed by atoms with E-state index >= 15 is 0 Å². The van der Waals surface area contributed by atoms with Crippen LogP contribution in [0.3, 0.4) is 0 Å². The third kappa shape index (κ3) is 5.09. The molecule has 9 nitrogen and oxygen atoms in total. The van der Waals surface area contributed by atoms with Gasteiger partial charge in [0.15, 0.2) is 0 Å². The Balaban J connectivity index is 1.39. The molecule has 10 heteroatoms. The van der Waals surface area contributed by atoms with E-state index in [-0.39, 0.29) is 18.9 Å². The summed E-state index contributed by atoms with van der Waals surface area (Å²) in [5.74, 6) is 0.839. The number of aromatic nitrogens is 4. The molecular weight excluding hydrogens is 449 g/mol. The second-order valence-corrected chi connectivity index (χ2v) is 8.53. The van der Waals surface area contributed by atoms with Crippen LogP contribution in [0.2, 0.25) is 0 Å². The number of rotatable bonds is 8. The van der Waals surface area contributed by atoms with E-state index in [1.165, 1.54) is 10.7 Å². The molecule has 1 fully saturated rings. The van der Waals surface area contributed by atoms with E-state index in [0.717, 1.165) is 42.7 Å². The van der Waals surface area contributed by atoms with Gasteiger partial charge >= 0.3 is 0 Å².